The van der Waals surface area contributed by atoms with Crippen molar-refractivity contribution >= 4 is 41.3 Å². The van der Waals surface area contributed by atoms with Crippen molar-refractivity contribution in [2.75, 3.05) is 45.8 Å². The molecule has 166 valence electrons. The summed E-state index contributed by atoms with van der Waals surface area (Å²) >= 11 is 1.76. The van der Waals surface area contributed by atoms with Gasteiger partial charge >= 0.3 is 6.18 Å². The molecule has 0 radical (unpaired) electrons. The first kappa shape index (κ1) is 24.7. The van der Waals surface area contributed by atoms with E-state index in [9.17, 15) is 13.2 Å². The average Bonchev–Trinajstić information content (AvgIpc) is 3.37. The molecule has 0 aliphatic carbocycles. The SMILES string of the molecule is CCNC(=NCC(c1cccs1)N1CCCC1)NC1CCN(CC(F)(F)F)C1.I. The second-order valence-corrected chi connectivity index (χ2v) is 8.45. The van der Waals surface area contributed by atoms with Crippen LogP contribution in [0.4, 0.5) is 13.2 Å². The summed E-state index contributed by atoms with van der Waals surface area (Å²) in [6, 6.07) is 4.50. The smallest absolute Gasteiger partial charge is 0.357 e. The summed E-state index contributed by atoms with van der Waals surface area (Å²) < 4.78 is 37.8. The topological polar surface area (TPSA) is 42.9 Å². The third kappa shape index (κ3) is 7.87. The molecule has 5 nitrogen and oxygen atoms in total. The van der Waals surface area contributed by atoms with Gasteiger partial charge in [0.15, 0.2) is 5.96 Å². The fraction of sp³-hybridized carbons (Fsp3) is 0.737. The minimum atomic E-state index is -4.14. The highest BCUT2D eigenvalue weighted by Gasteiger charge is 2.34. The Morgan fingerprint density at radius 2 is 2.07 bits per heavy atom. The van der Waals surface area contributed by atoms with Crippen molar-refractivity contribution in [2.45, 2.75) is 44.4 Å². The van der Waals surface area contributed by atoms with Crippen LogP contribution in [0.2, 0.25) is 0 Å². The van der Waals surface area contributed by atoms with Gasteiger partial charge in [-0.3, -0.25) is 14.8 Å². The zero-order valence-corrected chi connectivity index (χ0v) is 19.9. The van der Waals surface area contributed by atoms with Crippen LogP contribution in [0, 0.1) is 0 Å². The second-order valence-electron chi connectivity index (χ2n) is 7.47. The molecule has 2 aliphatic rings. The lowest BCUT2D eigenvalue weighted by Crippen LogP contribution is -2.45. The van der Waals surface area contributed by atoms with Crippen LogP contribution in [0.1, 0.15) is 37.1 Å². The predicted octanol–water partition coefficient (Wildman–Crippen LogP) is 3.69. The first-order valence-corrected chi connectivity index (χ1v) is 10.9. The van der Waals surface area contributed by atoms with Crippen LogP contribution < -0.4 is 10.6 Å². The molecule has 0 saturated carbocycles. The second kappa shape index (κ2) is 11.7. The summed E-state index contributed by atoms with van der Waals surface area (Å²) in [7, 11) is 0. The van der Waals surface area contributed by atoms with E-state index >= 15 is 0 Å². The molecule has 2 atom stereocenters. The molecule has 2 N–H and O–H groups in total. The fourth-order valence-corrected chi connectivity index (χ4v) is 4.81. The summed E-state index contributed by atoms with van der Waals surface area (Å²) in [5, 5.41) is 8.68. The highest BCUT2D eigenvalue weighted by atomic mass is 127. The zero-order valence-electron chi connectivity index (χ0n) is 16.7. The van der Waals surface area contributed by atoms with Gasteiger partial charge < -0.3 is 10.6 Å². The molecule has 0 amide bonds. The number of hydrogen-bond donors (Lipinski definition) is 2. The average molecular weight is 545 g/mol. The molecule has 3 rings (SSSR count). The fourth-order valence-electron chi connectivity index (χ4n) is 3.96. The van der Waals surface area contributed by atoms with E-state index in [4.69, 9.17) is 4.99 Å². The normalized spacial score (nSPS) is 22.5. The van der Waals surface area contributed by atoms with E-state index in [1.165, 1.54) is 22.6 Å². The molecule has 2 aliphatic heterocycles. The molecule has 2 fully saturated rings. The summed E-state index contributed by atoms with van der Waals surface area (Å²) in [6.07, 6.45) is -1.000. The van der Waals surface area contributed by atoms with Crippen LogP contribution in [0.15, 0.2) is 22.5 Å². The minimum absolute atomic E-state index is 0. The Morgan fingerprint density at radius 1 is 1.31 bits per heavy atom. The van der Waals surface area contributed by atoms with E-state index < -0.39 is 12.7 Å². The molecule has 0 spiro atoms. The van der Waals surface area contributed by atoms with E-state index in [-0.39, 0.29) is 36.1 Å². The maximum absolute atomic E-state index is 12.6. The lowest BCUT2D eigenvalue weighted by molar-refractivity contribution is -0.143. The lowest BCUT2D eigenvalue weighted by atomic mass is 10.2. The van der Waals surface area contributed by atoms with Gasteiger partial charge in [-0.25, -0.2) is 0 Å². The number of aliphatic imine (C=N–C) groups is 1. The van der Waals surface area contributed by atoms with Crippen molar-refractivity contribution in [1.82, 2.24) is 20.4 Å². The number of nitrogens with one attached hydrogen (secondary N) is 2. The third-order valence-corrected chi connectivity index (χ3v) is 6.21. The van der Waals surface area contributed by atoms with E-state index in [1.807, 2.05) is 6.92 Å². The first-order valence-electron chi connectivity index (χ1n) is 10.1. The molecule has 1 aromatic rings. The summed E-state index contributed by atoms with van der Waals surface area (Å²) in [5.74, 6) is 0.696. The number of thiophene rings is 1. The van der Waals surface area contributed by atoms with Crippen molar-refractivity contribution in [2.24, 2.45) is 4.99 Å². The largest absolute Gasteiger partial charge is 0.401 e. The van der Waals surface area contributed by atoms with Crippen molar-refractivity contribution < 1.29 is 13.2 Å². The number of halogens is 4. The van der Waals surface area contributed by atoms with Crippen LogP contribution in [0.5, 0.6) is 0 Å². The summed E-state index contributed by atoms with van der Waals surface area (Å²) in [5.41, 5.74) is 0. The Hall–Kier alpha value is -0.590. The van der Waals surface area contributed by atoms with Crippen molar-refractivity contribution in [3.63, 3.8) is 0 Å². The number of rotatable bonds is 7. The monoisotopic (exact) mass is 545 g/mol. The number of likely N-dealkylation sites (tertiary alicyclic amines) is 2. The standard InChI is InChI=1S/C19H30F3N5S.HI/c1-2-23-18(25-15-7-10-26(13-15)14-19(20,21)22)24-12-16(17-6-5-11-28-17)27-8-3-4-9-27;/h5-6,11,15-16H,2-4,7-10,12-14H2,1H3,(H2,23,24,25);1H. The van der Waals surface area contributed by atoms with Gasteiger partial charge in [-0.15, -0.1) is 35.3 Å². The summed E-state index contributed by atoms with van der Waals surface area (Å²) in [6.45, 7) is 5.57. The number of guanidine groups is 1. The van der Waals surface area contributed by atoms with Gasteiger partial charge in [0.05, 0.1) is 19.1 Å². The van der Waals surface area contributed by atoms with Crippen LogP contribution in [0.25, 0.3) is 0 Å². The van der Waals surface area contributed by atoms with Crippen LogP contribution >= 0.6 is 35.3 Å². The number of hydrogen-bond acceptors (Lipinski definition) is 4. The van der Waals surface area contributed by atoms with Gasteiger partial charge in [-0.1, -0.05) is 6.07 Å². The Kier molecular flexibility index (Phi) is 9.96. The maximum atomic E-state index is 12.6. The Morgan fingerprint density at radius 3 is 2.69 bits per heavy atom. The highest BCUT2D eigenvalue weighted by Crippen LogP contribution is 2.28. The molecular weight excluding hydrogens is 514 g/mol. The van der Waals surface area contributed by atoms with Crippen molar-refractivity contribution in [3.8, 4) is 0 Å². The van der Waals surface area contributed by atoms with Crippen LogP contribution in [-0.2, 0) is 0 Å². The predicted molar refractivity (Wildman–Crippen MR) is 123 cm³/mol. The highest BCUT2D eigenvalue weighted by molar-refractivity contribution is 14.0. The Balaban J connectivity index is 0.00000300. The van der Waals surface area contributed by atoms with E-state index in [1.54, 1.807) is 11.3 Å². The number of alkyl halides is 3. The summed E-state index contributed by atoms with van der Waals surface area (Å²) in [4.78, 5) is 10.1. The van der Waals surface area contributed by atoms with Gasteiger partial charge in [0.25, 0.3) is 0 Å². The minimum Gasteiger partial charge on any atom is -0.357 e. The molecular formula is C19H31F3IN5S. The number of nitrogens with zero attached hydrogens (tertiary/aromatic N) is 3. The van der Waals surface area contributed by atoms with E-state index in [0.29, 0.717) is 32.0 Å². The van der Waals surface area contributed by atoms with Crippen LogP contribution in [0.3, 0.4) is 0 Å². The van der Waals surface area contributed by atoms with Gasteiger partial charge in [0.1, 0.15) is 0 Å². The Bertz CT molecular complexity index is 620. The molecule has 2 saturated heterocycles. The molecule has 0 bridgehead atoms. The molecule has 10 heteroatoms. The maximum Gasteiger partial charge on any atom is 0.401 e. The van der Waals surface area contributed by atoms with Crippen molar-refractivity contribution in [3.05, 3.63) is 22.4 Å². The van der Waals surface area contributed by atoms with Gasteiger partial charge in [-0.2, -0.15) is 13.2 Å². The first-order chi connectivity index (χ1) is 13.4. The molecule has 2 unspecified atom stereocenters. The molecule has 1 aromatic heterocycles. The quantitative estimate of drug-likeness (QED) is 0.312. The molecule has 29 heavy (non-hydrogen) atoms. The zero-order chi connectivity index (χ0) is 20.0. The van der Waals surface area contributed by atoms with Crippen molar-refractivity contribution in [1.29, 1.82) is 0 Å². The lowest BCUT2D eigenvalue weighted by Gasteiger charge is -2.26. The van der Waals surface area contributed by atoms with E-state index in [0.717, 1.165) is 19.6 Å². The van der Waals surface area contributed by atoms with Gasteiger partial charge in [-0.05, 0) is 50.7 Å². The molecule has 0 aromatic carbocycles. The van der Waals surface area contributed by atoms with Gasteiger partial charge in [0.2, 0.25) is 0 Å². The van der Waals surface area contributed by atoms with E-state index in [2.05, 4.69) is 33.0 Å². The van der Waals surface area contributed by atoms with Crippen LogP contribution in [-0.4, -0.2) is 73.8 Å². The van der Waals surface area contributed by atoms with Gasteiger partial charge in [0, 0.05) is 30.6 Å². The third-order valence-electron chi connectivity index (χ3n) is 5.24. The molecule has 3 heterocycles. The Labute approximate surface area is 192 Å².